The molecule has 29 heavy (non-hydrogen) atoms. The number of rotatable bonds is 7. The van der Waals surface area contributed by atoms with E-state index in [0.717, 1.165) is 0 Å². The summed E-state index contributed by atoms with van der Waals surface area (Å²) in [6.45, 7) is 0. The average Bonchev–Trinajstić information content (AvgIpc) is 2.43. The molecule has 0 rings (SSSR count). The summed E-state index contributed by atoms with van der Waals surface area (Å²) in [4.78, 5) is 0. The molecule has 0 amide bonds. The first-order chi connectivity index (χ1) is 12.0. The van der Waals surface area contributed by atoms with Gasteiger partial charge in [0, 0.05) is 0 Å². The summed E-state index contributed by atoms with van der Waals surface area (Å²) in [5.41, 5.74) is 3.33. The molecule has 176 valence electrons. The van der Waals surface area contributed by atoms with Crippen molar-refractivity contribution in [1.82, 2.24) is 0 Å². The average molecular weight is 497 g/mol. The topological polar surface area (TPSA) is 80.4 Å². The molecule has 0 spiro atoms. The Morgan fingerprint density at radius 2 is 0.690 bits per heavy atom. The summed E-state index contributed by atoms with van der Waals surface area (Å²) in [6.07, 6.45) is -7.83. The molecule has 0 bridgehead atoms. The molecular formula is C8H3F16NO3S. The third-order valence-electron chi connectivity index (χ3n) is 3.13. The van der Waals surface area contributed by atoms with Crippen molar-refractivity contribution in [1.29, 1.82) is 0 Å². The van der Waals surface area contributed by atoms with Crippen LogP contribution in [0.1, 0.15) is 0 Å². The summed E-state index contributed by atoms with van der Waals surface area (Å²) < 4.78 is 233. The fourth-order valence-electron chi connectivity index (χ4n) is 1.34. The van der Waals surface area contributed by atoms with E-state index in [0.29, 0.717) is 0 Å². The third kappa shape index (κ3) is 3.27. The predicted octanol–water partition coefficient (Wildman–Crippen LogP) is 3.83. The second-order valence-corrected chi connectivity index (χ2v) is 6.61. The Hall–Kier alpha value is -1.25. The molecule has 0 aliphatic heterocycles. The minimum absolute atomic E-state index is 3.33. The number of nitrogens with two attached hydrogens (primary N) is 1. The van der Waals surface area contributed by atoms with E-state index in [9.17, 15) is 78.7 Å². The molecule has 0 saturated carbocycles. The van der Waals surface area contributed by atoms with E-state index in [4.69, 9.17) is 4.55 Å². The van der Waals surface area contributed by atoms with Gasteiger partial charge in [0.25, 0.3) is 0 Å². The van der Waals surface area contributed by atoms with Gasteiger partial charge in [-0.05, 0) is 0 Å². The first kappa shape index (κ1) is 27.8. The zero-order valence-corrected chi connectivity index (χ0v) is 13.1. The Morgan fingerprint density at radius 1 is 0.483 bits per heavy atom. The number of hydrogen-bond donors (Lipinski definition) is 2. The van der Waals surface area contributed by atoms with Crippen molar-refractivity contribution in [2.45, 2.75) is 46.8 Å². The standard InChI is InChI=1S/C8H3F16NO3S/c9-1(10,3(13,14)5(17,18)7(21,22)23)2(11,12)4(15,16)6(19,20)8(24,25)29(26,27)28/h25H2,(H,26,27,28). The summed E-state index contributed by atoms with van der Waals surface area (Å²) in [7, 11) is -7.45. The van der Waals surface area contributed by atoms with E-state index < -0.39 is 57.0 Å². The van der Waals surface area contributed by atoms with Crippen LogP contribution in [0.4, 0.5) is 70.2 Å². The van der Waals surface area contributed by atoms with Gasteiger partial charge in [-0.3, -0.25) is 10.3 Å². The van der Waals surface area contributed by atoms with Crippen LogP contribution in [0.2, 0.25) is 0 Å². The first-order valence-corrected chi connectivity index (χ1v) is 7.22. The molecule has 0 aromatic rings. The highest BCUT2D eigenvalue weighted by molar-refractivity contribution is 7.87. The maximum atomic E-state index is 13.2. The molecule has 1 unspecified atom stereocenters. The first-order valence-electron chi connectivity index (χ1n) is 5.78. The summed E-state index contributed by atoms with van der Waals surface area (Å²) in [5, 5.41) is -6.84. The molecule has 0 aliphatic rings. The molecule has 0 heterocycles. The van der Waals surface area contributed by atoms with Crippen LogP contribution in [-0.2, 0) is 10.1 Å². The molecule has 3 N–H and O–H groups in total. The van der Waals surface area contributed by atoms with Crippen molar-refractivity contribution in [3.05, 3.63) is 0 Å². The Labute approximate surface area is 147 Å². The summed E-state index contributed by atoms with van der Waals surface area (Å²) in [6, 6.07) is 0. The van der Waals surface area contributed by atoms with Gasteiger partial charge in [0.05, 0.1) is 0 Å². The van der Waals surface area contributed by atoms with Crippen molar-refractivity contribution in [3.63, 3.8) is 0 Å². The number of alkyl halides is 16. The summed E-state index contributed by atoms with van der Waals surface area (Å²) in [5.74, 6) is -50.9. The van der Waals surface area contributed by atoms with Crippen LogP contribution in [-0.4, -0.2) is 59.8 Å². The normalized spacial score (nSPS) is 18.6. The van der Waals surface area contributed by atoms with Crippen molar-refractivity contribution < 1.29 is 83.2 Å². The SMILES string of the molecule is NC(F)(C(F)(F)C(F)(F)C(F)(F)C(F)(F)C(F)(F)C(F)(F)C(F)(F)F)S(=O)(=O)O. The second-order valence-electron chi connectivity index (χ2n) is 5.06. The number of hydrogen-bond acceptors (Lipinski definition) is 3. The Kier molecular flexibility index (Phi) is 6.10. The van der Waals surface area contributed by atoms with Crippen LogP contribution in [0, 0.1) is 0 Å². The molecule has 0 aromatic heterocycles. The van der Waals surface area contributed by atoms with Gasteiger partial charge in [0.15, 0.2) is 0 Å². The van der Waals surface area contributed by atoms with Crippen LogP contribution in [0.25, 0.3) is 0 Å². The lowest BCUT2D eigenvalue weighted by Crippen LogP contribution is -2.76. The molecule has 0 fully saturated rings. The molecule has 0 radical (unpaired) electrons. The molecule has 1 atom stereocenters. The van der Waals surface area contributed by atoms with E-state index >= 15 is 0 Å². The third-order valence-corrected chi connectivity index (χ3v) is 4.14. The van der Waals surface area contributed by atoms with Gasteiger partial charge in [0.2, 0.25) is 0 Å². The zero-order chi connectivity index (χ0) is 24.5. The van der Waals surface area contributed by atoms with E-state index in [1.54, 1.807) is 0 Å². The fraction of sp³-hybridized carbons (Fsp3) is 1.00. The minimum Gasteiger partial charge on any atom is -0.282 e. The molecule has 4 nitrogen and oxygen atoms in total. The van der Waals surface area contributed by atoms with Crippen molar-refractivity contribution in [2.24, 2.45) is 5.73 Å². The molecule has 0 aliphatic carbocycles. The van der Waals surface area contributed by atoms with Crippen LogP contribution in [0.5, 0.6) is 0 Å². The lowest BCUT2D eigenvalue weighted by Gasteiger charge is -2.42. The van der Waals surface area contributed by atoms with Gasteiger partial charge in [-0.25, -0.2) is 0 Å². The largest absolute Gasteiger partial charge is 0.460 e. The zero-order valence-electron chi connectivity index (χ0n) is 12.3. The van der Waals surface area contributed by atoms with Gasteiger partial charge in [-0.1, -0.05) is 0 Å². The second kappa shape index (κ2) is 6.37. The minimum atomic E-state index is -8.75. The molecule has 21 heteroatoms. The number of halogens is 16. The van der Waals surface area contributed by atoms with Crippen LogP contribution in [0.3, 0.4) is 0 Å². The lowest BCUT2D eigenvalue weighted by atomic mass is 9.90. The van der Waals surface area contributed by atoms with Crippen LogP contribution < -0.4 is 5.73 Å². The maximum Gasteiger partial charge on any atom is 0.460 e. The van der Waals surface area contributed by atoms with Crippen LogP contribution in [0.15, 0.2) is 0 Å². The van der Waals surface area contributed by atoms with E-state index in [1.807, 2.05) is 0 Å². The van der Waals surface area contributed by atoms with Gasteiger partial charge in [-0.15, -0.1) is 0 Å². The quantitative estimate of drug-likeness (QED) is 0.319. The Morgan fingerprint density at radius 3 is 0.897 bits per heavy atom. The Balaban J connectivity index is 6.90. The van der Waals surface area contributed by atoms with Gasteiger partial charge in [0.1, 0.15) is 0 Å². The van der Waals surface area contributed by atoms with E-state index in [-0.39, 0.29) is 0 Å². The molecular weight excluding hydrogens is 494 g/mol. The molecule has 0 aromatic carbocycles. The van der Waals surface area contributed by atoms with Crippen molar-refractivity contribution in [2.75, 3.05) is 0 Å². The highest BCUT2D eigenvalue weighted by Crippen LogP contribution is 2.63. The smallest absolute Gasteiger partial charge is 0.282 e. The van der Waals surface area contributed by atoms with Crippen LogP contribution >= 0.6 is 0 Å². The lowest BCUT2D eigenvalue weighted by molar-refractivity contribution is -0.455. The van der Waals surface area contributed by atoms with Gasteiger partial charge < -0.3 is 0 Å². The van der Waals surface area contributed by atoms with Crippen molar-refractivity contribution >= 4 is 10.1 Å². The predicted molar refractivity (Wildman–Crippen MR) is 55.3 cm³/mol. The van der Waals surface area contributed by atoms with Crippen molar-refractivity contribution in [3.8, 4) is 0 Å². The van der Waals surface area contributed by atoms with Gasteiger partial charge in [-0.2, -0.15) is 78.7 Å². The fourth-order valence-corrected chi connectivity index (χ4v) is 1.79. The highest BCUT2D eigenvalue weighted by atomic mass is 32.2. The van der Waals surface area contributed by atoms with E-state index in [1.165, 1.54) is 0 Å². The van der Waals surface area contributed by atoms with E-state index in [2.05, 4.69) is 5.73 Å². The highest BCUT2D eigenvalue weighted by Gasteiger charge is 2.95. The maximum absolute atomic E-state index is 13.2. The summed E-state index contributed by atoms with van der Waals surface area (Å²) >= 11 is 0. The van der Waals surface area contributed by atoms with Gasteiger partial charge >= 0.3 is 57.0 Å². The Bertz CT molecular complexity index is 738. The monoisotopic (exact) mass is 497 g/mol. The molecule has 0 saturated heterocycles.